The molecule has 0 saturated heterocycles. The van der Waals surface area contributed by atoms with Crippen LogP contribution in [0, 0.1) is 10.8 Å². The largest absolute Gasteiger partial charge is 0.310 e. The highest BCUT2D eigenvalue weighted by atomic mass is 16.1. The highest BCUT2D eigenvalue weighted by molar-refractivity contribution is 5.84. The van der Waals surface area contributed by atoms with Crippen LogP contribution in [0.5, 0.6) is 0 Å². The molecule has 5 heteroatoms. The van der Waals surface area contributed by atoms with Crippen LogP contribution in [0.4, 0.5) is 0 Å². The van der Waals surface area contributed by atoms with Crippen molar-refractivity contribution in [1.82, 2.24) is 5.32 Å². The van der Waals surface area contributed by atoms with Crippen LogP contribution in [0.3, 0.4) is 0 Å². The van der Waals surface area contributed by atoms with Crippen molar-refractivity contribution in [3.05, 3.63) is 0 Å². The summed E-state index contributed by atoms with van der Waals surface area (Å²) < 4.78 is 0. The van der Waals surface area contributed by atoms with E-state index in [2.05, 4.69) is 5.32 Å². The Morgan fingerprint density at radius 2 is 1.14 bits per heavy atom. The first-order chi connectivity index (χ1) is 7.75. The van der Waals surface area contributed by atoms with Crippen molar-refractivity contribution in [1.29, 1.82) is 10.8 Å². The molecule has 0 aliphatic rings. The summed E-state index contributed by atoms with van der Waals surface area (Å²) in [5.74, 6) is 0.271. The fourth-order valence-electron chi connectivity index (χ4n) is 0.790. The van der Waals surface area contributed by atoms with Crippen molar-refractivity contribution >= 4 is 23.0 Å². The average molecular weight is 306 g/mol. The number of ketones is 2. The number of carbonyl (C=O) groups excluding carboxylic acids is 2. The van der Waals surface area contributed by atoms with E-state index in [9.17, 15) is 9.59 Å². The SMILES string of the molecule is C.C.C.C.CC(=N)CCC(C)=O.CC(=N)CNCC(C)=O. The summed E-state index contributed by atoms with van der Waals surface area (Å²) in [5.41, 5.74) is 1.14. The van der Waals surface area contributed by atoms with Gasteiger partial charge in [-0.25, -0.2) is 0 Å². The molecule has 0 rings (SSSR count). The summed E-state index contributed by atoms with van der Waals surface area (Å²) in [6, 6.07) is 0. The minimum absolute atomic E-state index is 0. The predicted molar refractivity (Wildman–Crippen MR) is 97.2 cm³/mol. The van der Waals surface area contributed by atoms with Gasteiger partial charge in [-0.2, -0.15) is 0 Å². The lowest BCUT2D eigenvalue weighted by atomic mass is 10.2. The molecule has 0 radical (unpaired) electrons. The molecule has 3 N–H and O–H groups in total. The molecule has 0 heterocycles. The van der Waals surface area contributed by atoms with E-state index < -0.39 is 0 Å². The zero-order valence-electron chi connectivity index (χ0n) is 11.1. The molecule has 0 aromatic rings. The van der Waals surface area contributed by atoms with E-state index in [1.165, 1.54) is 6.92 Å². The third-order valence-corrected chi connectivity index (χ3v) is 1.62. The Balaban J connectivity index is -0.0000000452. The Kier molecular flexibility index (Phi) is 41.4. The predicted octanol–water partition coefficient (Wildman–Crippen LogP) is 4.14. The summed E-state index contributed by atoms with van der Waals surface area (Å²) in [5, 5.41) is 16.7. The van der Waals surface area contributed by atoms with E-state index in [4.69, 9.17) is 10.8 Å². The van der Waals surface area contributed by atoms with Gasteiger partial charge in [-0.05, 0) is 34.1 Å². The Labute approximate surface area is 132 Å². The molecular formula is C16H39N3O2. The first-order valence-electron chi connectivity index (χ1n) is 5.53. The Hall–Kier alpha value is -1.36. The van der Waals surface area contributed by atoms with Gasteiger partial charge in [0.1, 0.15) is 11.6 Å². The topological polar surface area (TPSA) is 93.9 Å². The van der Waals surface area contributed by atoms with Crippen LogP contribution in [-0.2, 0) is 9.59 Å². The zero-order chi connectivity index (χ0) is 13.8. The maximum atomic E-state index is 10.3. The van der Waals surface area contributed by atoms with Crippen LogP contribution in [0.15, 0.2) is 0 Å². The Morgan fingerprint density at radius 3 is 1.33 bits per heavy atom. The third-order valence-electron chi connectivity index (χ3n) is 1.62. The van der Waals surface area contributed by atoms with Gasteiger partial charge in [-0.15, -0.1) is 0 Å². The van der Waals surface area contributed by atoms with Crippen molar-refractivity contribution in [3.8, 4) is 0 Å². The molecule has 5 nitrogen and oxygen atoms in total. The van der Waals surface area contributed by atoms with Gasteiger partial charge in [0.15, 0.2) is 0 Å². The lowest BCUT2D eigenvalue weighted by molar-refractivity contribution is -0.117. The first kappa shape index (κ1) is 36.7. The van der Waals surface area contributed by atoms with Gasteiger partial charge in [-0.3, -0.25) is 4.79 Å². The highest BCUT2D eigenvalue weighted by Gasteiger charge is 1.92. The molecule has 0 aliphatic carbocycles. The second-order valence-corrected chi connectivity index (χ2v) is 4.07. The minimum Gasteiger partial charge on any atom is -0.310 e. The zero-order valence-corrected chi connectivity index (χ0v) is 11.1. The molecule has 0 aliphatic heterocycles. The fourth-order valence-corrected chi connectivity index (χ4v) is 0.790. The highest BCUT2D eigenvalue weighted by Crippen LogP contribution is 1.90. The molecule has 21 heavy (non-hydrogen) atoms. The van der Waals surface area contributed by atoms with Crippen LogP contribution in [0.25, 0.3) is 0 Å². The lowest BCUT2D eigenvalue weighted by Crippen LogP contribution is -2.25. The van der Waals surface area contributed by atoms with Crippen LogP contribution < -0.4 is 5.32 Å². The molecule has 130 valence electrons. The molecule has 0 atom stereocenters. The Morgan fingerprint density at radius 1 is 0.714 bits per heavy atom. The van der Waals surface area contributed by atoms with Crippen molar-refractivity contribution < 1.29 is 9.59 Å². The summed E-state index contributed by atoms with van der Waals surface area (Å²) in [7, 11) is 0. The van der Waals surface area contributed by atoms with E-state index in [1.807, 2.05) is 0 Å². The smallest absolute Gasteiger partial charge is 0.143 e. The van der Waals surface area contributed by atoms with Crippen LogP contribution in [0.1, 0.15) is 70.2 Å². The van der Waals surface area contributed by atoms with Crippen LogP contribution in [0.2, 0.25) is 0 Å². The summed E-state index contributed by atoms with van der Waals surface area (Å²) in [6.45, 7) is 7.36. The van der Waals surface area contributed by atoms with Gasteiger partial charge in [0, 0.05) is 24.4 Å². The van der Waals surface area contributed by atoms with Crippen molar-refractivity contribution in [2.24, 2.45) is 0 Å². The quantitative estimate of drug-likeness (QED) is 0.617. The summed E-state index contributed by atoms with van der Waals surface area (Å²) >= 11 is 0. The molecule has 0 saturated carbocycles. The normalized spacial score (nSPS) is 7.24. The fraction of sp³-hybridized carbons (Fsp3) is 0.750. The molecule has 0 amide bonds. The van der Waals surface area contributed by atoms with Crippen molar-refractivity contribution in [2.45, 2.75) is 70.2 Å². The second kappa shape index (κ2) is 23.7. The molecule has 0 aromatic heterocycles. The first-order valence-corrected chi connectivity index (χ1v) is 5.53. The van der Waals surface area contributed by atoms with E-state index >= 15 is 0 Å². The summed E-state index contributed by atoms with van der Waals surface area (Å²) in [4.78, 5) is 20.5. The number of hydrogen-bond acceptors (Lipinski definition) is 5. The van der Waals surface area contributed by atoms with Gasteiger partial charge in [0.05, 0.1) is 6.54 Å². The number of nitrogens with one attached hydrogen (secondary N) is 3. The second-order valence-electron chi connectivity index (χ2n) is 4.07. The maximum absolute atomic E-state index is 10.3. The van der Waals surface area contributed by atoms with Crippen LogP contribution in [-0.4, -0.2) is 36.1 Å². The minimum atomic E-state index is 0. The molecule has 0 aromatic carbocycles. The monoisotopic (exact) mass is 305 g/mol. The van der Waals surface area contributed by atoms with Gasteiger partial charge < -0.3 is 20.9 Å². The van der Waals surface area contributed by atoms with E-state index in [0.717, 1.165) is 0 Å². The average Bonchev–Trinajstić information content (AvgIpc) is 2.14. The molecule has 0 unspecified atom stereocenters. The van der Waals surface area contributed by atoms with Gasteiger partial charge >= 0.3 is 0 Å². The van der Waals surface area contributed by atoms with Crippen molar-refractivity contribution in [2.75, 3.05) is 13.1 Å². The lowest BCUT2D eigenvalue weighted by Gasteiger charge is -1.97. The van der Waals surface area contributed by atoms with Crippen molar-refractivity contribution in [3.63, 3.8) is 0 Å². The molecule has 0 fully saturated rings. The number of Topliss-reactive ketones (excluding diaryl/α,β-unsaturated/α-hetero) is 2. The summed E-state index contributed by atoms with van der Waals surface area (Å²) in [6.07, 6.45) is 1.14. The molecular weight excluding hydrogens is 266 g/mol. The van der Waals surface area contributed by atoms with Gasteiger partial charge in [-0.1, -0.05) is 29.7 Å². The maximum Gasteiger partial charge on any atom is 0.143 e. The van der Waals surface area contributed by atoms with E-state index in [0.29, 0.717) is 37.4 Å². The van der Waals surface area contributed by atoms with E-state index in [-0.39, 0.29) is 41.3 Å². The third kappa shape index (κ3) is 55.5. The molecule has 0 spiro atoms. The number of rotatable bonds is 7. The Bertz CT molecular complexity index is 259. The standard InChI is InChI=1S/C6H12N2O.C6H11NO.4CH4/c1-5(7)3-8-4-6(2)9;1-5(7)3-4-6(2)8;;;;/h7-8H,3-4H2,1-2H3;7H,3-4H2,1-2H3;4*1H4. The molecule has 0 bridgehead atoms. The van der Waals surface area contributed by atoms with E-state index in [1.54, 1.807) is 20.8 Å². The number of hydrogen-bond donors (Lipinski definition) is 3. The van der Waals surface area contributed by atoms with Crippen LogP contribution >= 0.6 is 0 Å². The number of carbonyl (C=O) groups is 2. The van der Waals surface area contributed by atoms with Gasteiger partial charge in [0.2, 0.25) is 0 Å². The van der Waals surface area contributed by atoms with Gasteiger partial charge in [0.25, 0.3) is 0 Å².